The molecule has 1 aliphatic carbocycles. The number of hydrogen-bond donors (Lipinski definition) is 1. The lowest BCUT2D eigenvalue weighted by molar-refractivity contribution is 0.679. The second kappa shape index (κ2) is 8.35. The summed E-state index contributed by atoms with van der Waals surface area (Å²) in [7, 11) is 0. The monoisotopic (exact) mass is 348 g/mol. The van der Waals surface area contributed by atoms with Crippen LogP contribution in [0.25, 0.3) is 11.3 Å². The van der Waals surface area contributed by atoms with Crippen LogP contribution in [0.1, 0.15) is 44.9 Å². The van der Waals surface area contributed by atoms with Crippen LogP contribution >= 0.6 is 0 Å². The quantitative estimate of drug-likeness (QED) is 0.742. The van der Waals surface area contributed by atoms with Gasteiger partial charge in [0.1, 0.15) is 5.82 Å². The molecule has 0 unspecified atom stereocenters. The molecule has 0 saturated carbocycles. The van der Waals surface area contributed by atoms with Crippen molar-refractivity contribution in [2.75, 3.05) is 29.9 Å². The van der Waals surface area contributed by atoms with Gasteiger partial charge in [0.15, 0.2) is 0 Å². The van der Waals surface area contributed by atoms with E-state index in [1.807, 2.05) is 6.07 Å². The smallest absolute Gasteiger partial charge is 0.225 e. The van der Waals surface area contributed by atoms with Crippen molar-refractivity contribution >= 4 is 11.8 Å². The summed E-state index contributed by atoms with van der Waals surface area (Å²) < 4.78 is 0. The number of rotatable bonds is 6. The zero-order valence-corrected chi connectivity index (χ0v) is 15.5. The topological polar surface area (TPSA) is 41.1 Å². The van der Waals surface area contributed by atoms with Gasteiger partial charge in [-0.1, -0.05) is 42.0 Å². The molecule has 1 fully saturated rings. The van der Waals surface area contributed by atoms with Crippen LogP contribution in [0.5, 0.6) is 0 Å². The Labute approximate surface area is 156 Å². The lowest BCUT2D eigenvalue weighted by Gasteiger charge is -2.19. The van der Waals surface area contributed by atoms with Gasteiger partial charge in [-0.15, -0.1) is 0 Å². The Kier molecular flexibility index (Phi) is 5.48. The van der Waals surface area contributed by atoms with Gasteiger partial charge >= 0.3 is 0 Å². The molecule has 1 N–H and O–H groups in total. The van der Waals surface area contributed by atoms with E-state index in [1.165, 1.54) is 38.5 Å². The number of benzene rings is 1. The molecular formula is C22H28N4. The van der Waals surface area contributed by atoms with E-state index in [0.717, 1.165) is 49.1 Å². The van der Waals surface area contributed by atoms with Gasteiger partial charge in [-0.3, -0.25) is 0 Å². The predicted molar refractivity (Wildman–Crippen MR) is 109 cm³/mol. The average molecular weight is 348 g/mol. The average Bonchev–Trinajstić information content (AvgIpc) is 3.24. The van der Waals surface area contributed by atoms with E-state index in [4.69, 9.17) is 9.97 Å². The van der Waals surface area contributed by atoms with Gasteiger partial charge in [0.05, 0.1) is 5.69 Å². The molecule has 0 atom stereocenters. The molecule has 4 nitrogen and oxygen atoms in total. The van der Waals surface area contributed by atoms with Crippen molar-refractivity contribution in [3.63, 3.8) is 0 Å². The van der Waals surface area contributed by atoms with Crippen LogP contribution < -0.4 is 10.2 Å². The molecule has 1 aromatic carbocycles. The minimum absolute atomic E-state index is 0.754. The van der Waals surface area contributed by atoms with Crippen molar-refractivity contribution in [2.45, 2.75) is 44.9 Å². The molecule has 4 rings (SSSR count). The molecule has 1 aliphatic heterocycles. The molecule has 26 heavy (non-hydrogen) atoms. The molecule has 2 aliphatic rings. The van der Waals surface area contributed by atoms with E-state index in [2.05, 4.69) is 46.6 Å². The second-order valence-corrected chi connectivity index (χ2v) is 7.28. The Bertz CT molecular complexity index is 748. The van der Waals surface area contributed by atoms with Crippen LogP contribution in [0.3, 0.4) is 0 Å². The first-order valence-corrected chi connectivity index (χ1v) is 10.00. The van der Waals surface area contributed by atoms with Gasteiger partial charge in [-0.2, -0.15) is 4.98 Å². The molecule has 1 aromatic heterocycles. The predicted octanol–water partition coefficient (Wildman–Crippen LogP) is 5.05. The Morgan fingerprint density at radius 2 is 1.81 bits per heavy atom. The summed E-state index contributed by atoms with van der Waals surface area (Å²) in [6.45, 7) is 3.10. The fourth-order valence-electron chi connectivity index (χ4n) is 3.85. The van der Waals surface area contributed by atoms with Gasteiger partial charge < -0.3 is 10.2 Å². The molecule has 1 saturated heterocycles. The molecule has 2 aromatic rings. The number of hydrogen-bond acceptors (Lipinski definition) is 4. The zero-order valence-electron chi connectivity index (χ0n) is 15.5. The largest absolute Gasteiger partial charge is 0.356 e. The molecule has 0 amide bonds. The van der Waals surface area contributed by atoms with Crippen LogP contribution in [-0.2, 0) is 0 Å². The maximum atomic E-state index is 4.81. The van der Waals surface area contributed by atoms with E-state index in [1.54, 1.807) is 5.57 Å². The molecule has 0 bridgehead atoms. The highest BCUT2D eigenvalue weighted by Gasteiger charge is 2.16. The Morgan fingerprint density at radius 3 is 2.58 bits per heavy atom. The highest BCUT2D eigenvalue weighted by Crippen LogP contribution is 2.26. The molecule has 4 heteroatoms. The van der Waals surface area contributed by atoms with Crippen LogP contribution in [0.2, 0.25) is 0 Å². The number of aromatic nitrogens is 2. The number of nitrogens with one attached hydrogen (secondary N) is 1. The fraction of sp³-hybridized carbons (Fsp3) is 0.455. The van der Waals surface area contributed by atoms with Crippen LogP contribution in [0.15, 0.2) is 48.0 Å². The first kappa shape index (κ1) is 17.1. The standard InChI is InChI=1S/C22H28N4/c1-3-9-18(10-4-1)13-14-23-22-24-20(19-11-5-2-6-12-19)17-21(25-22)26-15-7-8-16-26/h2,5-6,9,11-12,17H,1,3-4,7-8,10,13-16H2,(H,23,24,25). The van der Waals surface area contributed by atoms with E-state index in [0.29, 0.717) is 0 Å². The van der Waals surface area contributed by atoms with Gasteiger partial charge in [0.25, 0.3) is 0 Å². The van der Waals surface area contributed by atoms with Crippen molar-refractivity contribution < 1.29 is 0 Å². The maximum Gasteiger partial charge on any atom is 0.225 e. The summed E-state index contributed by atoms with van der Waals surface area (Å²) in [6.07, 6.45) is 11.2. The minimum atomic E-state index is 0.754. The number of nitrogens with zero attached hydrogens (tertiary/aromatic N) is 3. The molecule has 0 spiro atoms. The van der Waals surface area contributed by atoms with Gasteiger partial charge in [0, 0.05) is 31.3 Å². The van der Waals surface area contributed by atoms with Crippen molar-refractivity contribution in [3.05, 3.63) is 48.0 Å². The lowest BCUT2D eigenvalue weighted by atomic mass is 9.97. The summed E-state index contributed by atoms with van der Waals surface area (Å²) in [5.74, 6) is 1.81. The van der Waals surface area contributed by atoms with Crippen LogP contribution in [0.4, 0.5) is 11.8 Å². The molecule has 0 radical (unpaired) electrons. The Hall–Kier alpha value is -2.36. The Balaban J connectivity index is 1.52. The van der Waals surface area contributed by atoms with Crippen molar-refractivity contribution in [1.82, 2.24) is 9.97 Å². The van der Waals surface area contributed by atoms with Gasteiger partial charge in [0.2, 0.25) is 5.95 Å². The molecule has 136 valence electrons. The SMILES string of the molecule is C1=C(CCNc2nc(-c3ccccc3)cc(N3CCCC3)n2)CCCC1. The summed E-state index contributed by atoms with van der Waals surface area (Å²) in [5, 5.41) is 3.48. The molecular weight excluding hydrogens is 320 g/mol. The summed E-state index contributed by atoms with van der Waals surface area (Å²) >= 11 is 0. The second-order valence-electron chi connectivity index (χ2n) is 7.28. The van der Waals surface area contributed by atoms with Crippen molar-refractivity contribution in [3.8, 4) is 11.3 Å². The van der Waals surface area contributed by atoms with Gasteiger partial charge in [-0.05, 0) is 44.9 Å². The summed E-state index contributed by atoms with van der Waals surface area (Å²) in [4.78, 5) is 12.0. The van der Waals surface area contributed by atoms with Crippen molar-refractivity contribution in [1.29, 1.82) is 0 Å². The third-order valence-corrected chi connectivity index (χ3v) is 5.33. The number of allylic oxidation sites excluding steroid dienone is 1. The highest BCUT2D eigenvalue weighted by atomic mass is 15.2. The summed E-state index contributed by atoms with van der Waals surface area (Å²) in [5.41, 5.74) is 3.73. The van der Waals surface area contributed by atoms with E-state index >= 15 is 0 Å². The van der Waals surface area contributed by atoms with E-state index in [-0.39, 0.29) is 0 Å². The van der Waals surface area contributed by atoms with Crippen LogP contribution in [0, 0.1) is 0 Å². The first-order chi connectivity index (χ1) is 12.9. The van der Waals surface area contributed by atoms with E-state index < -0.39 is 0 Å². The zero-order chi connectivity index (χ0) is 17.6. The maximum absolute atomic E-state index is 4.81. The van der Waals surface area contributed by atoms with Gasteiger partial charge in [-0.25, -0.2) is 4.98 Å². The Morgan fingerprint density at radius 1 is 0.962 bits per heavy atom. The minimum Gasteiger partial charge on any atom is -0.356 e. The van der Waals surface area contributed by atoms with Crippen molar-refractivity contribution in [2.24, 2.45) is 0 Å². The lowest BCUT2D eigenvalue weighted by Crippen LogP contribution is -2.20. The third-order valence-electron chi connectivity index (χ3n) is 5.33. The van der Waals surface area contributed by atoms with Crippen LogP contribution in [-0.4, -0.2) is 29.6 Å². The molecule has 2 heterocycles. The normalized spacial score (nSPS) is 17.2. The number of anilines is 2. The highest BCUT2D eigenvalue weighted by molar-refractivity contribution is 5.65. The first-order valence-electron chi connectivity index (χ1n) is 10.00. The summed E-state index contributed by atoms with van der Waals surface area (Å²) in [6, 6.07) is 12.5. The van der Waals surface area contributed by atoms with E-state index in [9.17, 15) is 0 Å². The fourth-order valence-corrected chi connectivity index (χ4v) is 3.85. The third kappa shape index (κ3) is 4.24.